The van der Waals surface area contributed by atoms with Crippen molar-refractivity contribution in [1.82, 2.24) is 0 Å². The van der Waals surface area contributed by atoms with Crippen molar-refractivity contribution in [3.8, 4) is 5.75 Å². The third kappa shape index (κ3) is 6.09. The Morgan fingerprint density at radius 1 is 1.04 bits per heavy atom. The molecule has 2 rings (SSSR count). The first-order valence-electron chi connectivity index (χ1n) is 9.40. The molecule has 0 saturated carbocycles. The summed E-state index contributed by atoms with van der Waals surface area (Å²) in [6.07, 6.45) is 2.06. The van der Waals surface area contributed by atoms with Crippen molar-refractivity contribution in [1.29, 1.82) is 0 Å². The Balaban J connectivity index is 2.19. The van der Waals surface area contributed by atoms with Crippen LogP contribution in [0.15, 0.2) is 36.4 Å². The summed E-state index contributed by atoms with van der Waals surface area (Å²) < 4.78 is 11.5. The molecule has 2 aromatic carbocycles. The summed E-state index contributed by atoms with van der Waals surface area (Å²) >= 11 is 0. The van der Waals surface area contributed by atoms with E-state index < -0.39 is 11.2 Å². The molecule has 0 aliphatic carbocycles. The lowest BCUT2D eigenvalue weighted by Crippen LogP contribution is -2.28. The average molecular weight is 370 g/mol. The summed E-state index contributed by atoms with van der Waals surface area (Å²) in [4.78, 5) is 22.9. The summed E-state index contributed by atoms with van der Waals surface area (Å²) in [5, 5.41) is 2.08. The van der Waals surface area contributed by atoms with Gasteiger partial charge in [-0.1, -0.05) is 24.3 Å². The van der Waals surface area contributed by atoms with Crippen molar-refractivity contribution < 1.29 is 19.1 Å². The van der Waals surface area contributed by atoms with Crippen LogP contribution in [0, 0.1) is 0 Å². The molecule has 0 spiro atoms. The number of hydrogen-bond acceptors (Lipinski definition) is 4. The fourth-order valence-corrected chi connectivity index (χ4v) is 2.88. The molecule has 27 heavy (non-hydrogen) atoms. The molecule has 2 aromatic rings. The van der Waals surface area contributed by atoms with Crippen LogP contribution < -0.4 is 4.74 Å². The Bertz CT molecular complexity index is 815. The number of carbonyl (C=O) groups excluding carboxylic acids is 2. The molecule has 0 N–H and O–H groups in total. The molecule has 0 saturated heterocycles. The van der Waals surface area contributed by atoms with Gasteiger partial charge < -0.3 is 14.3 Å². The van der Waals surface area contributed by atoms with Crippen LogP contribution in [0.2, 0.25) is 0 Å². The first-order chi connectivity index (χ1) is 12.5. The molecular formula is C23H30O4. The molecule has 1 atom stereocenters. The zero-order valence-electron chi connectivity index (χ0n) is 17.2. The minimum Gasteiger partial charge on any atom is -0.488 e. The van der Waals surface area contributed by atoms with Gasteiger partial charge in [-0.3, -0.25) is 4.79 Å². The topological polar surface area (TPSA) is 52.6 Å². The van der Waals surface area contributed by atoms with Crippen LogP contribution >= 0.6 is 0 Å². The highest BCUT2D eigenvalue weighted by molar-refractivity contribution is 5.86. The molecule has 0 fully saturated rings. The Morgan fingerprint density at radius 3 is 2.30 bits per heavy atom. The molecule has 0 unspecified atom stereocenters. The first kappa shape index (κ1) is 20.9. The molecule has 0 radical (unpaired) electrons. The Morgan fingerprint density at radius 2 is 1.67 bits per heavy atom. The zero-order valence-corrected chi connectivity index (χ0v) is 17.2. The second-order valence-corrected chi connectivity index (χ2v) is 8.59. The van der Waals surface area contributed by atoms with E-state index in [4.69, 9.17) is 9.47 Å². The van der Waals surface area contributed by atoms with Gasteiger partial charge in [0.05, 0.1) is 5.92 Å². The first-order valence-corrected chi connectivity index (χ1v) is 9.40. The number of aldehydes is 1. The molecule has 4 nitrogen and oxygen atoms in total. The number of fused-ring (bicyclic) bond motifs is 1. The van der Waals surface area contributed by atoms with Crippen LogP contribution in [0.5, 0.6) is 5.75 Å². The summed E-state index contributed by atoms with van der Waals surface area (Å²) in [5.74, 6) is 0.219. The van der Waals surface area contributed by atoms with E-state index in [2.05, 4.69) is 0 Å². The standard InChI is InChI=1S/C23H30O4/c1-16(21(25)27-22(2,3)4)17-8-9-19-15-20(11-10-18(19)14-17)26-23(5,6)12-7-13-24/h8-11,13-16H,7,12H2,1-6H3/t16-/m0/s1. The van der Waals surface area contributed by atoms with Gasteiger partial charge in [0.15, 0.2) is 0 Å². The molecule has 0 aliphatic rings. The highest BCUT2D eigenvalue weighted by Crippen LogP contribution is 2.29. The fraction of sp³-hybridized carbons (Fsp3) is 0.478. The van der Waals surface area contributed by atoms with E-state index >= 15 is 0 Å². The maximum Gasteiger partial charge on any atom is 0.313 e. The van der Waals surface area contributed by atoms with Gasteiger partial charge in [-0.15, -0.1) is 0 Å². The predicted octanol–water partition coefficient (Wildman–Crippen LogP) is 5.42. The van der Waals surface area contributed by atoms with Gasteiger partial charge in [-0.2, -0.15) is 0 Å². The van der Waals surface area contributed by atoms with Crippen LogP contribution in [0.25, 0.3) is 10.8 Å². The van der Waals surface area contributed by atoms with Crippen molar-refractivity contribution in [2.75, 3.05) is 0 Å². The second-order valence-electron chi connectivity index (χ2n) is 8.59. The zero-order chi connectivity index (χ0) is 20.2. The van der Waals surface area contributed by atoms with E-state index in [0.717, 1.165) is 28.4 Å². The Labute approximate surface area is 161 Å². The number of carbonyl (C=O) groups is 2. The van der Waals surface area contributed by atoms with Gasteiger partial charge in [-0.05, 0) is 76.4 Å². The minimum absolute atomic E-state index is 0.223. The summed E-state index contributed by atoms with van der Waals surface area (Å²) in [6.45, 7) is 11.4. The van der Waals surface area contributed by atoms with Crippen molar-refractivity contribution in [2.45, 2.75) is 71.5 Å². The van der Waals surface area contributed by atoms with E-state index in [1.54, 1.807) is 0 Å². The number of hydrogen-bond donors (Lipinski definition) is 0. The average Bonchev–Trinajstić information content (AvgIpc) is 2.57. The minimum atomic E-state index is -0.495. The highest BCUT2D eigenvalue weighted by Gasteiger charge is 2.23. The third-order valence-electron chi connectivity index (χ3n) is 4.35. The van der Waals surface area contributed by atoms with Crippen LogP contribution in [0.3, 0.4) is 0 Å². The molecule has 0 bridgehead atoms. The lowest BCUT2D eigenvalue weighted by molar-refractivity contribution is -0.156. The van der Waals surface area contributed by atoms with Crippen molar-refractivity contribution in [3.05, 3.63) is 42.0 Å². The number of rotatable bonds is 7. The Kier molecular flexibility index (Phi) is 6.30. The van der Waals surface area contributed by atoms with E-state index in [1.165, 1.54) is 0 Å². The lowest BCUT2D eigenvalue weighted by Gasteiger charge is -2.26. The molecule has 4 heteroatoms. The SMILES string of the molecule is C[C@H](C(=O)OC(C)(C)C)c1ccc2cc(OC(C)(C)CCC=O)ccc2c1. The smallest absolute Gasteiger partial charge is 0.313 e. The molecule has 0 heterocycles. The monoisotopic (exact) mass is 370 g/mol. The number of benzene rings is 2. The molecular weight excluding hydrogens is 340 g/mol. The quantitative estimate of drug-likeness (QED) is 0.482. The number of ether oxygens (including phenoxy) is 2. The number of esters is 1. The lowest BCUT2D eigenvalue weighted by atomic mass is 9.97. The van der Waals surface area contributed by atoms with Crippen LogP contribution in [-0.2, 0) is 14.3 Å². The van der Waals surface area contributed by atoms with E-state index in [9.17, 15) is 9.59 Å². The maximum atomic E-state index is 12.3. The predicted molar refractivity (Wildman–Crippen MR) is 108 cm³/mol. The molecule has 0 aliphatic heterocycles. The largest absolute Gasteiger partial charge is 0.488 e. The van der Waals surface area contributed by atoms with Gasteiger partial charge in [0.25, 0.3) is 0 Å². The highest BCUT2D eigenvalue weighted by atomic mass is 16.6. The van der Waals surface area contributed by atoms with Crippen LogP contribution in [0.1, 0.15) is 65.9 Å². The van der Waals surface area contributed by atoms with Crippen LogP contribution in [0.4, 0.5) is 0 Å². The molecule has 146 valence electrons. The van der Waals surface area contributed by atoms with E-state index in [1.807, 2.05) is 77.9 Å². The summed E-state index contributed by atoms with van der Waals surface area (Å²) in [6, 6.07) is 11.9. The van der Waals surface area contributed by atoms with Gasteiger partial charge in [0.1, 0.15) is 23.2 Å². The van der Waals surface area contributed by atoms with Crippen LogP contribution in [-0.4, -0.2) is 23.5 Å². The fourth-order valence-electron chi connectivity index (χ4n) is 2.88. The van der Waals surface area contributed by atoms with E-state index in [-0.39, 0.29) is 11.9 Å². The van der Waals surface area contributed by atoms with Crippen molar-refractivity contribution in [2.24, 2.45) is 0 Å². The van der Waals surface area contributed by atoms with Gasteiger partial charge in [0, 0.05) is 6.42 Å². The second kappa shape index (κ2) is 8.12. The van der Waals surface area contributed by atoms with Gasteiger partial charge in [-0.25, -0.2) is 0 Å². The van der Waals surface area contributed by atoms with Gasteiger partial charge >= 0.3 is 5.97 Å². The van der Waals surface area contributed by atoms with Crippen molar-refractivity contribution in [3.63, 3.8) is 0 Å². The third-order valence-corrected chi connectivity index (χ3v) is 4.35. The van der Waals surface area contributed by atoms with Crippen molar-refractivity contribution >= 4 is 23.0 Å². The summed E-state index contributed by atoms with van der Waals surface area (Å²) in [7, 11) is 0. The normalized spacial score (nSPS) is 13.3. The maximum absolute atomic E-state index is 12.3. The Hall–Kier alpha value is -2.36. The van der Waals surface area contributed by atoms with Gasteiger partial charge in [0.2, 0.25) is 0 Å². The summed E-state index contributed by atoms with van der Waals surface area (Å²) in [5.41, 5.74) is 0.0296. The van der Waals surface area contributed by atoms with E-state index in [0.29, 0.717) is 12.8 Å². The molecule has 0 amide bonds. The molecule has 0 aromatic heterocycles.